The summed E-state index contributed by atoms with van der Waals surface area (Å²) in [7, 11) is 0. The molecule has 0 aromatic carbocycles. The Bertz CT molecular complexity index is 455. The van der Waals surface area contributed by atoms with Gasteiger partial charge < -0.3 is 14.5 Å². The number of hydrogen-bond acceptors (Lipinski definition) is 5. The van der Waals surface area contributed by atoms with E-state index in [-0.39, 0.29) is 11.8 Å². The number of aryl methyl sites for hydroxylation is 1. The minimum absolute atomic E-state index is 0.0698. The van der Waals surface area contributed by atoms with Crippen LogP contribution in [-0.2, 0) is 0 Å². The van der Waals surface area contributed by atoms with Crippen LogP contribution >= 0.6 is 0 Å². The van der Waals surface area contributed by atoms with Gasteiger partial charge in [-0.1, -0.05) is 6.92 Å². The van der Waals surface area contributed by atoms with Crippen molar-refractivity contribution < 1.29 is 13.9 Å². The number of hydrogen-bond donors (Lipinski definition) is 1. The summed E-state index contributed by atoms with van der Waals surface area (Å²) in [5.41, 5.74) is 0.602. The molecule has 0 spiro atoms. The van der Waals surface area contributed by atoms with E-state index in [1.54, 1.807) is 6.92 Å². The van der Waals surface area contributed by atoms with Gasteiger partial charge in [0.1, 0.15) is 5.69 Å². The third kappa shape index (κ3) is 3.72. The number of oxazole rings is 1. The van der Waals surface area contributed by atoms with Crippen molar-refractivity contribution in [3.05, 3.63) is 11.6 Å². The second kappa shape index (κ2) is 6.74. The lowest BCUT2D eigenvalue weighted by Gasteiger charge is -2.19. The van der Waals surface area contributed by atoms with Crippen LogP contribution < -0.4 is 10.1 Å². The third-order valence-corrected chi connectivity index (χ3v) is 3.38. The van der Waals surface area contributed by atoms with E-state index in [1.807, 2.05) is 6.92 Å². The Kier molecular flexibility index (Phi) is 5.00. The molecule has 112 valence electrons. The Morgan fingerprint density at radius 2 is 2.25 bits per heavy atom. The largest absolute Gasteiger partial charge is 0.464 e. The van der Waals surface area contributed by atoms with Crippen LogP contribution in [0.2, 0.25) is 0 Å². The fraction of sp³-hybridized carbons (Fsp3) is 0.714. The molecule has 0 radical (unpaired) electrons. The molecule has 1 aliphatic carbocycles. The zero-order valence-electron chi connectivity index (χ0n) is 12.4. The number of ether oxygens (including phenoxy) is 1. The van der Waals surface area contributed by atoms with Gasteiger partial charge in [-0.15, -0.1) is 0 Å². The number of carbonyl (C=O) groups excluding carboxylic acids is 1. The fourth-order valence-electron chi connectivity index (χ4n) is 2.17. The molecule has 1 fully saturated rings. The summed E-state index contributed by atoms with van der Waals surface area (Å²) in [4.78, 5) is 18.4. The summed E-state index contributed by atoms with van der Waals surface area (Å²) in [6.07, 6.45) is 2.55. The van der Waals surface area contributed by atoms with Crippen molar-refractivity contribution >= 4 is 5.91 Å². The van der Waals surface area contributed by atoms with Gasteiger partial charge in [0.15, 0.2) is 0 Å². The maximum absolute atomic E-state index is 11.9. The molecular weight excluding hydrogens is 258 g/mol. The Morgan fingerprint density at radius 1 is 1.50 bits per heavy atom. The van der Waals surface area contributed by atoms with Crippen LogP contribution in [0.5, 0.6) is 5.95 Å². The summed E-state index contributed by atoms with van der Waals surface area (Å²) in [5, 5.41) is 2.84. The number of amides is 1. The maximum Gasteiger partial charge on any atom is 0.308 e. The first-order valence-corrected chi connectivity index (χ1v) is 7.28. The highest BCUT2D eigenvalue weighted by Crippen LogP contribution is 2.25. The van der Waals surface area contributed by atoms with E-state index in [4.69, 9.17) is 9.15 Å². The molecule has 0 aliphatic heterocycles. The van der Waals surface area contributed by atoms with Gasteiger partial charge in [-0.05, 0) is 33.2 Å². The van der Waals surface area contributed by atoms with E-state index >= 15 is 0 Å². The smallest absolute Gasteiger partial charge is 0.308 e. The van der Waals surface area contributed by atoms with Gasteiger partial charge in [0.2, 0.25) is 0 Å². The van der Waals surface area contributed by atoms with E-state index in [9.17, 15) is 4.79 Å². The molecule has 20 heavy (non-hydrogen) atoms. The molecule has 1 heterocycles. The number of aromatic nitrogens is 1. The van der Waals surface area contributed by atoms with Crippen LogP contribution in [0.15, 0.2) is 4.42 Å². The molecule has 0 unspecified atom stereocenters. The van der Waals surface area contributed by atoms with Gasteiger partial charge in [0, 0.05) is 19.1 Å². The Morgan fingerprint density at radius 3 is 2.85 bits per heavy atom. The molecule has 1 aromatic heterocycles. The first kappa shape index (κ1) is 14.8. The second-order valence-corrected chi connectivity index (χ2v) is 4.94. The predicted octanol–water partition coefficient (Wildman–Crippen LogP) is 1.60. The van der Waals surface area contributed by atoms with Crippen molar-refractivity contribution in [3.8, 4) is 5.95 Å². The molecule has 6 heteroatoms. The van der Waals surface area contributed by atoms with Gasteiger partial charge in [0.05, 0.1) is 6.61 Å². The van der Waals surface area contributed by atoms with Crippen molar-refractivity contribution in [1.29, 1.82) is 0 Å². The monoisotopic (exact) mass is 281 g/mol. The Balaban J connectivity index is 1.80. The molecule has 0 atom stereocenters. The molecular formula is C14H23N3O3. The van der Waals surface area contributed by atoms with Crippen molar-refractivity contribution in [2.24, 2.45) is 0 Å². The number of nitrogens with one attached hydrogen (secondary N) is 1. The molecule has 1 amide bonds. The van der Waals surface area contributed by atoms with E-state index in [2.05, 4.69) is 22.1 Å². The molecule has 1 N–H and O–H groups in total. The number of rotatable bonds is 8. The van der Waals surface area contributed by atoms with Gasteiger partial charge >= 0.3 is 11.9 Å². The van der Waals surface area contributed by atoms with Crippen LogP contribution in [0.1, 0.15) is 43.1 Å². The molecule has 6 nitrogen and oxygen atoms in total. The highest BCUT2D eigenvalue weighted by Gasteiger charge is 2.27. The van der Waals surface area contributed by atoms with Crippen molar-refractivity contribution in [2.45, 2.75) is 39.7 Å². The summed E-state index contributed by atoms with van der Waals surface area (Å²) >= 11 is 0. The quantitative estimate of drug-likeness (QED) is 0.784. The normalized spacial score (nSPS) is 14.6. The van der Waals surface area contributed by atoms with Gasteiger partial charge in [-0.2, -0.15) is 0 Å². The topological polar surface area (TPSA) is 67.6 Å². The van der Waals surface area contributed by atoms with E-state index in [1.165, 1.54) is 12.8 Å². The van der Waals surface area contributed by atoms with Crippen LogP contribution in [0.25, 0.3) is 0 Å². The lowest BCUT2D eigenvalue weighted by molar-refractivity contribution is 0.0905. The molecule has 1 saturated carbocycles. The Hall–Kier alpha value is -1.56. The van der Waals surface area contributed by atoms with E-state index < -0.39 is 0 Å². The minimum Gasteiger partial charge on any atom is -0.464 e. The van der Waals surface area contributed by atoms with Crippen LogP contribution in [0, 0.1) is 6.92 Å². The highest BCUT2D eigenvalue weighted by atomic mass is 16.6. The van der Waals surface area contributed by atoms with Gasteiger partial charge in [-0.25, -0.2) is 4.98 Å². The second-order valence-electron chi connectivity index (χ2n) is 4.94. The number of carbonyl (C=O) groups is 1. The standard InChI is InChI=1S/C14H23N3O3/c1-4-17(11-6-7-11)9-8-15-12(18)13-16-10(3)14(20-13)19-5-2/h11H,4-9H2,1-3H3,(H,15,18). The fourth-order valence-corrected chi connectivity index (χ4v) is 2.17. The van der Waals surface area contributed by atoms with Crippen LogP contribution in [0.4, 0.5) is 0 Å². The van der Waals surface area contributed by atoms with Crippen molar-refractivity contribution in [1.82, 2.24) is 15.2 Å². The number of nitrogens with zero attached hydrogens (tertiary/aromatic N) is 2. The molecule has 2 rings (SSSR count). The lowest BCUT2D eigenvalue weighted by atomic mass is 10.4. The molecule has 0 saturated heterocycles. The van der Waals surface area contributed by atoms with Crippen LogP contribution in [-0.4, -0.2) is 48.1 Å². The lowest BCUT2D eigenvalue weighted by Crippen LogP contribution is -2.36. The molecule has 1 aliphatic rings. The minimum atomic E-state index is -0.286. The maximum atomic E-state index is 11.9. The molecule has 0 bridgehead atoms. The van der Waals surface area contributed by atoms with Gasteiger partial charge in [0.25, 0.3) is 5.89 Å². The zero-order valence-corrected chi connectivity index (χ0v) is 12.4. The van der Waals surface area contributed by atoms with E-state index in [0.717, 1.165) is 13.1 Å². The Labute approximate surface area is 119 Å². The zero-order chi connectivity index (χ0) is 14.5. The first-order valence-electron chi connectivity index (χ1n) is 7.28. The summed E-state index contributed by atoms with van der Waals surface area (Å²) < 4.78 is 10.6. The average molecular weight is 281 g/mol. The van der Waals surface area contributed by atoms with E-state index in [0.29, 0.717) is 30.8 Å². The van der Waals surface area contributed by atoms with Gasteiger partial charge in [-0.3, -0.25) is 9.69 Å². The highest BCUT2D eigenvalue weighted by molar-refractivity contribution is 5.89. The third-order valence-electron chi connectivity index (χ3n) is 3.38. The van der Waals surface area contributed by atoms with Crippen LogP contribution in [0.3, 0.4) is 0 Å². The summed E-state index contributed by atoms with van der Waals surface area (Å²) in [6.45, 7) is 8.75. The summed E-state index contributed by atoms with van der Waals surface area (Å²) in [5.74, 6) is 0.108. The molecule has 1 aromatic rings. The summed E-state index contributed by atoms with van der Waals surface area (Å²) in [6, 6.07) is 0.713. The van der Waals surface area contributed by atoms with Crippen molar-refractivity contribution in [3.63, 3.8) is 0 Å². The van der Waals surface area contributed by atoms with Crippen molar-refractivity contribution in [2.75, 3.05) is 26.2 Å². The number of likely N-dealkylation sites (N-methyl/N-ethyl adjacent to an activating group) is 1. The SMILES string of the molecule is CCOc1oc(C(=O)NCCN(CC)C2CC2)nc1C. The average Bonchev–Trinajstić information content (AvgIpc) is 3.20. The predicted molar refractivity (Wildman–Crippen MR) is 75.0 cm³/mol. The first-order chi connectivity index (χ1) is 9.65.